The highest BCUT2D eigenvalue weighted by Gasteiger charge is 2.30. The molecule has 2 aliphatic heterocycles. The van der Waals surface area contributed by atoms with Gasteiger partial charge in [0, 0.05) is 73.0 Å². The number of β-amino-alcohol motifs (C(OH)–C–C–N with tert-alkyl or cyclic N) is 1. The highest BCUT2D eigenvalue weighted by molar-refractivity contribution is 8.01. The van der Waals surface area contributed by atoms with E-state index in [1.54, 1.807) is 0 Å². The van der Waals surface area contributed by atoms with Gasteiger partial charge in [-0.2, -0.15) is 0 Å². The average molecular weight is 613 g/mol. The molecule has 0 saturated carbocycles. The summed E-state index contributed by atoms with van der Waals surface area (Å²) in [6, 6.07) is 9.01. The lowest BCUT2D eigenvalue weighted by Gasteiger charge is -2.39. The van der Waals surface area contributed by atoms with Crippen LogP contribution in [0.1, 0.15) is 17.2 Å². The molecule has 40 heavy (non-hydrogen) atoms. The molecule has 1 fully saturated rings. The minimum atomic E-state index is -1.26. The normalized spacial score (nSPS) is 17.0. The zero-order valence-electron chi connectivity index (χ0n) is 21.2. The second-order valence-corrected chi connectivity index (χ2v) is 11.0. The molecule has 14 heteroatoms. The van der Waals surface area contributed by atoms with Crippen LogP contribution in [0.25, 0.3) is 0 Å². The molecule has 4 rings (SSSR count). The molecule has 1 unspecified atom stereocenters. The van der Waals surface area contributed by atoms with Crippen LogP contribution in [0.2, 0.25) is 5.02 Å². The van der Waals surface area contributed by atoms with E-state index in [0.29, 0.717) is 30.3 Å². The van der Waals surface area contributed by atoms with E-state index in [4.69, 9.17) is 37.1 Å². The Morgan fingerprint density at radius 2 is 1.43 bits per heavy atom. The number of benzene rings is 1. The number of rotatable bonds is 7. The summed E-state index contributed by atoms with van der Waals surface area (Å²) in [6.45, 7) is 5.22. The quantitative estimate of drug-likeness (QED) is 0.289. The molecule has 1 saturated heterocycles. The third kappa shape index (κ3) is 11.5. The van der Waals surface area contributed by atoms with Gasteiger partial charge in [-0.1, -0.05) is 23.4 Å². The number of fused-ring (bicyclic) bond motifs is 2. The lowest BCUT2D eigenvalue weighted by atomic mass is 9.99. The Hall–Kier alpha value is -3.20. The molecular formula is C26H29ClN2O9S2. The van der Waals surface area contributed by atoms with E-state index in [1.165, 1.54) is 20.2 Å². The topological polar surface area (TPSA) is 176 Å². The van der Waals surface area contributed by atoms with Gasteiger partial charge in [-0.25, -0.2) is 19.2 Å². The number of aliphatic carboxylic acids is 4. The zero-order chi connectivity index (χ0) is 29.7. The van der Waals surface area contributed by atoms with Gasteiger partial charge in [0.2, 0.25) is 0 Å². The van der Waals surface area contributed by atoms with Gasteiger partial charge in [0.25, 0.3) is 0 Å². The van der Waals surface area contributed by atoms with Crippen molar-refractivity contribution in [2.45, 2.75) is 21.6 Å². The summed E-state index contributed by atoms with van der Waals surface area (Å²) in [5, 5.41) is 43.4. The fraction of sp³-hybridized carbons (Fsp3) is 0.308. The van der Waals surface area contributed by atoms with Crippen molar-refractivity contribution < 1.29 is 44.7 Å². The molecule has 1 atom stereocenters. The van der Waals surface area contributed by atoms with Gasteiger partial charge < -0.3 is 25.5 Å². The highest BCUT2D eigenvalue weighted by atomic mass is 35.5. The van der Waals surface area contributed by atoms with E-state index in [9.17, 15) is 19.2 Å². The van der Waals surface area contributed by atoms with Gasteiger partial charge >= 0.3 is 23.9 Å². The van der Waals surface area contributed by atoms with Gasteiger partial charge in [-0.15, -0.1) is 11.3 Å². The standard InChI is InChI=1S/C18H21ClN2OS2.2C4H4O4/c19-14-1-2-17-13(11-14)12-16(15-3-10-23-18(15)24-17)21-6-4-20(5-7-21)8-9-22;2*5-3(6)1-2-4(7)8/h1-3,10-11,16,22H,4-9,12H2;2*1-2H,(H,5,6)(H,7,8). The van der Waals surface area contributed by atoms with Crippen LogP contribution in [0.4, 0.5) is 0 Å². The minimum Gasteiger partial charge on any atom is -0.478 e. The number of carbonyl (C=O) groups is 4. The van der Waals surface area contributed by atoms with Crippen LogP contribution in [-0.4, -0.2) is 98.5 Å². The maximum absolute atomic E-state index is 9.55. The number of hydrogen-bond acceptors (Lipinski definition) is 9. The van der Waals surface area contributed by atoms with Crippen LogP contribution in [0.3, 0.4) is 0 Å². The Kier molecular flexibility index (Phi) is 13.9. The van der Waals surface area contributed by atoms with Gasteiger partial charge in [-0.3, -0.25) is 9.80 Å². The summed E-state index contributed by atoms with van der Waals surface area (Å²) in [7, 11) is 0. The van der Waals surface area contributed by atoms with Crippen molar-refractivity contribution in [1.29, 1.82) is 0 Å². The fourth-order valence-electron chi connectivity index (χ4n) is 3.91. The summed E-state index contributed by atoms with van der Waals surface area (Å²) in [6.07, 6.45) is 3.25. The second-order valence-electron chi connectivity index (χ2n) is 8.36. The number of nitrogens with zero attached hydrogens (tertiary/aromatic N) is 2. The van der Waals surface area contributed by atoms with Crippen molar-refractivity contribution in [2.75, 3.05) is 39.3 Å². The first-order chi connectivity index (χ1) is 19.0. The number of aliphatic hydroxyl groups excluding tert-OH is 1. The van der Waals surface area contributed by atoms with Gasteiger partial charge in [-0.05, 0) is 47.2 Å². The third-order valence-electron chi connectivity index (χ3n) is 5.66. The summed E-state index contributed by atoms with van der Waals surface area (Å²) < 4.78 is 1.42. The molecule has 2 aromatic rings. The van der Waals surface area contributed by atoms with Crippen LogP contribution in [0, 0.1) is 0 Å². The average Bonchev–Trinajstić information content (AvgIpc) is 3.29. The maximum Gasteiger partial charge on any atom is 0.328 e. The first-order valence-electron chi connectivity index (χ1n) is 11.9. The molecule has 1 aromatic carbocycles. The van der Waals surface area contributed by atoms with Crippen LogP contribution < -0.4 is 0 Å². The zero-order valence-corrected chi connectivity index (χ0v) is 23.6. The van der Waals surface area contributed by atoms with E-state index in [-0.39, 0.29) is 6.61 Å². The molecule has 216 valence electrons. The largest absolute Gasteiger partial charge is 0.478 e. The monoisotopic (exact) mass is 612 g/mol. The SMILES string of the molecule is O=C(O)C=CC(=O)O.O=C(O)C=CC(=O)O.OCCN1CCN(C2Cc3cc(Cl)ccc3Sc3sccc32)CC1. The Morgan fingerprint density at radius 3 is 1.93 bits per heavy atom. The molecular weight excluding hydrogens is 584 g/mol. The van der Waals surface area contributed by atoms with Crippen LogP contribution >= 0.6 is 34.7 Å². The number of carboxylic acids is 4. The fourth-order valence-corrected chi connectivity index (χ4v) is 6.34. The van der Waals surface area contributed by atoms with Crippen molar-refractivity contribution in [1.82, 2.24) is 9.80 Å². The summed E-state index contributed by atoms with van der Waals surface area (Å²) >= 11 is 9.98. The van der Waals surface area contributed by atoms with E-state index in [1.807, 2.05) is 29.2 Å². The second kappa shape index (κ2) is 16.8. The lowest BCUT2D eigenvalue weighted by Crippen LogP contribution is -2.48. The molecule has 5 N–H and O–H groups in total. The third-order valence-corrected chi connectivity index (χ3v) is 8.19. The first kappa shape index (κ1) is 33.0. The van der Waals surface area contributed by atoms with Crippen molar-refractivity contribution in [3.8, 4) is 0 Å². The molecule has 0 radical (unpaired) electrons. The number of aliphatic hydroxyl groups is 1. The van der Waals surface area contributed by atoms with Crippen LogP contribution in [0.15, 0.2) is 63.1 Å². The Morgan fingerprint density at radius 1 is 0.875 bits per heavy atom. The number of carboxylic acid groups (broad SMARTS) is 4. The Bertz CT molecular complexity index is 1170. The van der Waals surface area contributed by atoms with Crippen molar-refractivity contribution in [3.05, 3.63) is 70.1 Å². The number of hydrogen-bond donors (Lipinski definition) is 5. The minimum absolute atomic E-state index is 0.251. The van der Waals surface area contributed by atoms with E-state index in [0.717, 1.165) is 44.2 Å². The first-order valence-corrected chi connectivity index (χ1v) is 14.0. The lowest BCUT2D eigenvalue weighted by molar-refractivity contribution is -0.134. The highest BCUT2D eigenvalue weighted by Crippen LogP contribution is 2.46. The van der Waals surface area contributed by atoms with E-state index in [2.05, 4.69) is 33.4 Å². The predicted octanol–water partition coefficient (Wildman–Crippen LogP) is 3.18. The van der Waals surface area contributed by atoms with Crippen LogP contribution in [-0.2, 0) is 25.6 Å². The van der Waals surface area contributed by atoms with E-state index >= 15 is 0 Å². The molecule has 3 heterocycles. The van der Waals surface area contributed by atoms with Gasteiger partial charge in [0.1, 0.15) is 0 Å². The Balaban J connectivity index is 0.000000290. The number of halogens is 1. The number of thiophene rings is 1. The van der Waals surface area contributed by atoms with Crippen LogP contribution in [0.5, 0.6) is 0 Å². The van der Waals surface area contributed by atoms with Gasteiger partial charge in [0.05, 0.1) is 10.8 Å². The smallest absolute Gasteiger partial charge is 0.328 e. The maximum atomic E-state index is 9.55. The summed E-state index contributed by atoms with van der Waals surface area (Å²) in [5.74, 6) is -5.03. The van der Waals surface area contributed by atoms with Crippen molar-refractivity contribution in [3.63, 3.8) is 0 Å². The summed E-state index contributed by atoms with van der Waals surface area (Å²) in [4.78, 5) is 44.5. The van der Waals surface area contributed by atoms with E-state index < -0.39 is 23.9 Å². The molecule has 2 aliphatic rings. The molecule has 0 amide bonds. The molecule has 11 nitrogen and oxygen atoms in total. The van der Waals surface area contributed by atoms with Crippen molar-refractivity contribution in [2.24, 2.45) is 0 Å². The molecule has 0 spiro atoms. The van der Waals surface area contributed by atoms with Gasteiger partial charge in [0.15, 0.2) is 0 Å². The number of piperazine rings is 1. The molecule has 1 aromatic heterocycles. The molecule has 0 aliphatic carbocycles. The van der Waals surface area contributed by atoms with Crippen molar-refractivity contribution >= 4 is 58.6 Å². The Labute approximate surface area is 243 Å². The predicted molar refractivity (Wildman–Crippen MR) is 150 cm³/mol. The summed E-state index contributed by atoms with van der Waals surface area (Å²) in [5.41, 5.74) is 2.83. The molecule has 0 bridgehead atoms.